The Labute approximate surface area is 185 Å². The van der Waals surface area contributed by atoms with Crippen LogP contribution in [-0.2, 0) is 20.2 Å². The Hall–Kier alpha value is -2.38. The monoisotopic (exact) mass is 441 g/mol. The van der Waals surface area contributed by atoms with E-state index in [2.05, 4.69) is 36.9 Å². The SMILES string of the molecule is CC(=O)N1CC(C)(C)c2cc(S(=O)(=O)N3CCN(c4cccc(C)c4)[C@@H](C)C3)ccc21. The van der Waals surface area contributed by atoms with E-state index in [1.165, 1.54) is 5.56 Å². The molecule has 7 heteroatoms. The number of nitrogens with zero attached hydrogens (tertiary/aromatic N) is 3. The maximum Gasteiger partial charge on any atom is 0.243 e. The zero-order chi connectivity index (χ0) is 22.6. The van der Waals surface area contributed by atoms with Gasteiger partial charge in [-0.2, -0.15) is 4.31 Å². The molecule has 0 saturated carbocycles. The van der Waals surface area contributed by atoms with E-state index >= 15 is 0 Å². The fourth-order valence-corrected chi connectivity index (χ4v) is 6.32. The van der Waals surface area contributed by atoms with Gasteiger partial charge in [-0.25, -0.2) is 8.42 Å². The number of rotatable bonds is 3. The molecule has 2 aliphatic heterocycles. The molecule has 0 aliphatic carbocycles. The fourth-order valence-electron chi connectivity index (χ4n) is 4.78. The Bertz CT molecular complexity index is 1130. The van der Waals surface area contributed by atoms with Gasteiger partial charge in [-0.15, -0.1) is 0 Å². The molecule has 0 N–H and O–H groups in total. The van der Waals surface area contributed by atoms with Crippen molar-refractivity contribution in [3.05, 3.63) is 53.6 Å². The molecule has 4 rings (SSSR count). The Morgan fingerprint density at radius 1 is 1.10 bits per heavy atom. The van der Waals surface area contributed by atoms with Gasteiger partial charge >= 0.3 is 0 Å². The van der Waals surface area contributed by atoms with Crippen LogP contribution >= 0.6 is 0 Å². The summed E-state index contributed by atoms with van der Waals surface area (Å²) < 4.78 is 28.6. The van der Waals surface area contributed by atoms with E-state index < -0.39 is 10.0 Å². The molecule has 0 radical (unpaired) electrons. The van der Waals surface area contributed by atoms with E-state index in [9.17, 15) is 13.2 Å². The summed E-state index contributed by atoms with van der Waals surface area (Å²) in [6.07, 6.45) is 0. The van der Waals surface area contributed by atoms with E-state index in [1.807, 2.05) is 19.9 Å². The summed E-state index contributed by atoms with van der Waals surface area (Å²) in [6.45, 7) is 11.9. The fraction of sp³-hybridized carbons (Fsp3) is 0.458. The molecule has 0 aromatic heterocycles. The highest BCUT2D eigenvalue weighted by Crippen LogP contribution is 2.42. The second-order valence-electron chi connectivity index (χ2n) is 9.41. The Kier molecular flexibility index (Phi) is 5.38. The molecule has 6 nitrogen and oxygen atoms in total. The van der Waals surface area contributed by atoms with Crippen LogP contribution in [0.15, 0.2) is 47.4 Å². The molecule has 0 bridgehead atoms. The summed E-state index contributed by atoms with van der Waals surface area (Å²) in [6, 6.07) is 13.6. The van der Waals surface area contributed by atoms with Crippen molar-refractivity contribution in [1.82, 2.24) is 4.31 Å². The van der Waals surface area contributed by atoms with Gasteiger partial charge in [0, 0.05) is 55.9 Å². The molecular weight excluding hydrogens is 410 g/mol. The summed E-state index contributed by atoms with van der Waals surface area (Å²) in [5, 5.41) is 0. The number of carbonyl (C=O) groups is 1. The van der Waals surface area contributed by atoms with Crippen LogP contribution in [0.2, 0.25) is 0 Å². The van der Waals surface area contributed by atoms with Gasteiger partial charge in [0.1, 0.15) is 0 Å². The van der Waals surface area contributed by atoms with E-state index in [-0.39, 0.29) is 17.4 Å². The van der Waals surface area contributed by atoms with Crippen molar-refractivity contribution >= 4 is 27.3 Å². The van der Waals surface area contributed by atoms with Gasteiger partial charge in [-0.3, -0.25) is 4.79 Å². The topological polar surface area (TPSA) is 60.9 Å². The first kappa shape index (κ1) is 21.8. The summed E-state index contributed by atoms with van der Waals surface area (Å²) in [5.41, 5.74) is 3.77. The summed E-state index contributed by atoms with van der Waals surface area (Å²) >= 11 is 0. The molecule has 0 unspecified atom stereocenters. The third-order valence-corrected chi connectivity index (χ3v) is 8.34. The van der Waals surface area contributed by atoms with Gasteiger partial charge in [-0.05, 0) is 55.3 Å². The molecule has 31 heavy (non-hydrogen) atoms. The number of piperazine rings is 1. The number of hydrogen-bond acceptors (Lipinski definition) is 4. The molecule has 2 heterocycles. The van der Waals surface area contributed by atoms with Crippen molar-refractivity contribution in [2.75, 3.05) is 36.0 Å². The number of anilines is 2. The highest BCUT2D eigenvalue weighted by Gasteiger charge is 2.39. The van der Waals surface area contributed by atoms with Crippen molar-refractivity contribution in [3.63, 3.8) is 0 Å². The maximum absolute atomic E-state index is 13.5. The van der Waals surface area contributed by atoms with Crippen LogP contribution in [0.4, 0.5) is 11.4 Å². The Morgan fingerprint density at radius 2 is 1.84 bits per heavy atom. The predicted molar refractivity (Wildman–Crippen MR) is 124 cm³/mol. The smallest absolute Gasteiger partial charge is 0.243 e. The summed E-state index contributed by atoms with van der Waals surface area (Å²) in [7, 11) is -3.61. The Balaban J connectivity index is 1.60. The highest BCUT2D eigenvalue weighted by molar-refractivity contribution is 7.89. The van der Waals surface area contributed by atoms with E-state index in [0.29, 0.717) is 31.1 Å². The lowest BCUT2D eigenvalue weighted by atomic mass is 9.87. The zero-order valence-electron chi connectivity index (χ0n) is 18.9. The van der Waals surface area contributed by atoms with Crippen molar-refractivity contribution < 1.29 is 13.2 Å². The minimum Gasteiger partial charge on any atom is -0.366 e. The van der Waals surface area contributed by atoms with Gasteiger partial charge < -0.3 is 9.80 Å². The molecule has 166 valence electrons. The lowest BCUT2D eigenvalue weighted by Crippen LogP contribution is -2.53. The number of fused-ring (bicyclic) bond motifs is 1. The van der Waals surface area contributed by atoms with Crippen molar-refractivity contribution in [2.45, 2.75) is 51.0 Å². The third kappa shape index (κ3) is 3.85. The molecule has 2 aliphatic rings. The Morgan fingerprint density at radius 3 is 2.48 bits per heavy atom. The standard InChI is InChI=1S/C24H31N3O3S/c1-17-7-6-8-20(13-17)26-12-11-25(15-18(26)2)31(29,30)21-9-10-23-22(14-21)24(4,5)16-27(23)19(3)28/h6-10,13-14,18H,11-12,15-16H2,1-5H3/t18-/m0/s1. The normalized spacial score (nSPS) is 21.3. The van der Waals surface area contributed by atoms with Crippen LogP contribution < -0.4 is 9.80 Å². The van der Waals surface area contributed by atoms with Crippen LogP contribution in [0, 0.1) is 6.92 Å². The van der Waals surface area contributed by atoms with E-state index in [4.69, 9.17) is 0 Å². The van der Waals surface area contributed by atoms with Crippen molar-refractivity contribution in [3.8, 4) is 0 Å². The number of hydrogen-bond donors (Lipinski definition) is 0. The lowest BCUT2D eigenvalue weighted by Gasteiger charge is -2.40. The molecular formula is C24H31N3O3S. The number of sulfonamides is 1. The summed E-state index contributed by atoms with van der Waals surface area (Å²) in [5.74, 6) is -0.0245. The average molecular weight is 442 g/mol. The first-order chi connectivity index (χ1) is 14.5. The quantitative estimate of drug-likeness (QED) is 0.731. The van der Waals surface area contributed by atoms with Crippen LogP contribution in [0.3, 0.4) is 0 Å². The zero-order valence-corrected chi connectivity index (χ0v) is 19.7. The molecule has 1 fully saturated rings. The van der Waals surface area contributed by atoms with E-state index in [1.54, 1.807) is 34.3 Å². The van der Waals surface area contributed by atoms with Crippen LogP contribution in [0.5, 0.6) is 0 Å². The first-order valence-corrected chi connectivity index (χ1v) is 12.2. The second-order valence-corrected chi connectivity index (χ2v) is 11.4. The van der Waals surface area contributed by atoms with Gasteiger partial charge in [0.25, 0.3) is 0 Å². The van der Waals surface area contributed by atoms with Crippen molar-refractivity contribution in [2.24, 2.45) is 0 Å². The van der Waals surface area contributed by atoms with Crippen LogP contribution in [0.1, 0.15) is 38.8 Å². The lowest BCUT2D eigenvalue weighted by molar-refractivity contribution is -0.116. The van der Waals surface area contributed by atoms with E-state index in [0.717, 1.165) is 16.9 Å². The van der Waals surface area contributed by atoms with Crippen molar-refractivity contribution in [1.29, 1.82) is 0 Å². The molecule has 0 spiro atoms. The number of amides is 1. The number of benzene rings is 2. The molecule has 1 saturated heterocycles. The molecule has 2 aromatic carbocycles. The maximum atomic E-state index is 13.5. The van der Waals surface area contributed by atoms with Crippen LogP contribution in [0.25, 0.3) is 0 Å². The van der Waals surface area contributed by atoms with Crippen LogP contribution in [-0.4, -0.2) is 50.9 Å². The first-order valence-electron chi connectivity index (χ1n) is 10.8. The van der Waals surface area contributed by atoms with Gasteiger partial charge in [0.15, 0.2) is 0 Å². The summed E-state index contributed by atoms with van der Waals surface area (Å²) in [4.78, 5) is 16.3. The molecule has 2 aromatic rings. The largest absolute Gasteiger partial charge is 0.366 e. The highest BCUT2D eigenvalue weighted by atomic mass is 32.2. The number of aryl methyl sites for hydroxylation is 1. The predicted octanol–water partition coefficient (Wildman–Crippen LogP) is 3.54. The van der Waals surface area contributed by atoms with Gasteiger partial charge in [-0.1, -0.05) is 26.0 Å². The van der Waals surface area contributed by atoms with Gasteiger partial charge in [0.2, 0.25) is 15.9 Å². The second kappa shape index (κ2) is 7.64. The molecule has 1 amide bonds. The molecule has 1 atom stereocenters. The minimum absolute atomic E-state index is 0.0245. The third-order valence-electron chi connectivity index (χ3n) is 6.48. The minimum atomic E-state index is -3.61. The number of carbonyl (C=O) groups excluding carboxylic acids is 1. The van der Waals surface area contributed by atoms with Gasteiger partial charge in [0.05, 0.1) is 4.90 Å². The average Bonchev–Trinajstić information content (AvgIpc) is 2.98.